The summed E-state index contributed by atoms with van der Waals surface area (Å²) in [5.74, 6) is -0.191. The minimum atomic E-state index is -3.64. The Morgan fingerprint density at radius 1 is 1.10 bits per heavy atom. The SMILES string of the molecule is CCCN1CCC2(CC1)NC(=O)N([C@@H]1CCN(S(=O)(=O)c3ccc(C)cc3)C1)C2=O. The topological polar surface area (TPSA) is 90.0 Å². The van der Waals surface area contributed by atoms with Gasteiger partial charge in [-0.1, -0.05) is 24.6 Å². The van der Waals surface area contributed by atoms with Gasteiger partial charge in [-0.25, -0.2) is 13.2 Å². The van der Waals surface area contributed by atoms with Crippen LogP contribution in [-0.4, -0.2) is 78.8 Å². The normalized spacial score (nSPS) is 25.3. The van der Waals surface area contributed by atoms with Crippen molar-refractivity contribution >= 4 is 22.0 Å². The van der Waals surface area contributed by atoms with Gasteiger partial charge in [0.15, 0.2) is 0 Å². The Balaban J connectivity index is 1.46. The van der Waals surface area contributed by atoms with Crippen LogP contribution in [0.2, 0.25) is 0 Å². The number of carbonyl (C=O) groups excluding carboxylic acids is 2. The zero-order valence-corrected chi connectivity index (χ0v) is 18.5. The number of benzene rings is 1. The lowest BCUT2D eigenvalue weighted by Gasteiger charge is -2.37. The van der Waals surface area contributed by atoms with Gasteiger partial charge in [-0.2, -0.15) is 4.31 Å². The van der Waals surface area contributed by atoms with Gasteiger partial charge in [-0.3, -0.25) is 9.69 Å². The number of nitrogens with zero attached hydrogens (tertiary/aromatic N) is 3. The molecular weight excluding hydrogens is 404 g/mol. The first-order valence-electron chi connectivity index (χ1n) is 10.7. The van der Waals surface area contributed by atoms with Gasteiger partial charge in [0, 0.05) is 26.2 Å². The quantitative estimate of drug-likeness (QED) is 0.711. The molecule has 0 saturated carbocycles. The molecule has 3 heterocycles. The van der Waals surface area contributed by atoms with Crippen molar-refractivity contribution in [3.63, 3.8) is 0 Å². The molecule has 1 N–H and O–H groups in total. The Labute approximate surface area is 178 Å². The standard InChI is InChI=1S/C21H30N4O4S/c1-3-11-23-13-9-21(10-14-23)19(26)25(20(27)22-21)17-8-12-24(15-17)30(28,29)18-6-4-16(2)5-7-18/h4-7,17H,3,8-15H2,1-2H3,(H,22,27)/t17-/m1/s1. The molecule has 1 aromatic rings. The molecule has 30 heavy (non-hydrogen) atoms. The average Bonchev–Trinajstić information content (AvgIpc) is 3.28. The summed E-state index contributed by atoms with van der Waals surface area (Å²) < 4.78 is 27.3. The van der Waals surface area contributed by atoms with E-state index in [0.29, 0.717) is 25.8 Å². The molecule has 8 nitrogen and oxygen atoms in total. The van der Waals surface area contributed by atoms with Crippen molar-refractivity contribution in [3.05, 3.63) is 29.8 Å². The predicted molar refractivity (Wildman–Crippen MR) is 112 cm³/mol. The molecular formula is C21H30N4O4S. The van der Waals surface area contributed by atoms with E-state index in [1.165, 1.54) is 9.21 Å². The van der Waals surface area contributed by atoms with Gasteiger partial charge in [0.25, 0.3) is 5.91 Å². The number of carbonyl (C=O) groups is 2. The minimum absolute atomic E-state index is 0.146. The van der Waals surface area contributed by atoms with Crippen molar-refractivity contribution in [1.82, 2.24) is 19.4 Å². The van der Waals surface area contributed by atoms with Crippen LogP contribution in [-0.2, 0) is 14.8 Å². The summed E-state index contributed by atoms with van der Waals surface area (Å²) in [6.07, 6.45) is 2.73. The van der Waals surface area contributed by atoms with E-state index < -0.39 is 21.6 Å². The number of sulfonamides is 1. The zero-order valence-electron chi connectivity index (χ0n) is 17.6. The van der Waals surface area contributed by atoms with E-state index in [1.807, 2.05) is 6.92 Å². The molecule has 1 aromatic carbocycles. The first-order chi connectivity index (χ1) is 14.3. The van der Waals surface area contributed by atoms with Gasteiger partial charge in [0.05, 0.1) is 10.9 Å². The lowest BCUT2D eigenvalue weighted by Crippen LogP contribution is -2.55. The molecule has 3 saturated heterocycles. The molecule has 3 fully saturated rings. The molecule has 3 amide bonds. The molecule has 0 radical (unpaired) electrons. The third-order valence-electron chi connectivity index (χ3n) is 6.59. The van der Waals surface area contributed by atoms with Crippen LogP contribution < -0.4 is 5.32 Å². The van der Waals surface area contributed by atoms with Crippen molar-refractivity contribution in [3.8, 4) is 0 Å². The third-order valence-corrected chi connectivity index (χ3v) is 8.47. The summed E-state index contributed by atoms with van der Waals surface area (Å²) in [6, 6.07) is 5.93. The maximum Gasteiger partial charge on any atom is 0.325 e. The van der Waals surface area contributed by atoms with Crippen molar-refractivity contribution < 1.29 is 18.0 Å². The van der Waals surface area contributed by atoms with Crippen LogP contribution in [0, 0.1) is 6.92 Å². The summed E-state index contributed by atoms with van der Waals surface area (Å²) in [6.45, 7) is 7.05. The first kappa shape index (κ1) is 21.3. The summed E-state index contributed by atoms with van der Waals surface area (Å²) >= 11 is 0. The second-order valence-electron chi connectivity index (χ2n) is 8.65. The monoisotopic (exact) mass is 434 g/mol. The van der Waals surface area contributed by atoms with Crippen LogP contribution in [0.5, 0.6) is 0 Å². The van der Waals surface area contributed by atoms with Crippen LogP contribution in [0.3, 0.4) is 0 Å². The lowest BCUT2D eigenvalue weighted by molar-refractivity contribution is -0.134. The molecule has 164 valence electrons. The van der Waals surface area contributed by atoms with Crippen molar-refractivity contribution in [2.45, 2.75) is 56.0 Å². The second kappa shape index (κ2) is 7.94. The van der Waals surface area contributed by atoms with E-state index in [2.05, 4.69) is 17.1 Å². The number of rotatable bonds is 5. The highest BCUT2D eigenvalue weighted by Gasteiger charge is 2.55. The average molecular weight is 435 g/mol. The summed E-state index contributed by atoms with van der Waals surface area (Å²) in [5.41, 5.74) is 0.160. The van der Waals surface area contributed by atoms with Crippen LogP contribution in [0.15, 0.2) is 29.2 Å². The Kier molecular flexibility index (Phi) is 5.63. The van der Waals surface area contributed by atoms with E-state index in [1.54, 1.807) is 24.3 Å². The number of piperidine rings is 1. The van der Waals surface area contributed by atoms with Gasteiger partial charge >= 0.3 is 6.03 Å². The van der Waals surface area contributed by atoms with E-state index in [-0.39, 0.29) is 23.4 Å². The maximum absolute atomic E-state index is 13.3. The summed E-state index contributed by atoms with van der Waals surface area (Å²) in [5, 5.41) is 2.94. The first-order valence-corrected chi connectivity index (χ1v) is 12.2. The molecule has 1 atom stereocenters. The highest BCUT2D eigenvalue weighted by molar-refractivity contribution is 7.89. The molecule has 0 aliphatic carbocycles. The summed E-state index contributed by atoms with van der Waals surface area (Å²) in [4.78, 5) is 29.8. The van der Waals surface area contributed by atoms with E-state index >= 15 is 0 Å². The minimum Gasteiger partial charge on any atom is -0.323 e. The van der Waals surface area contributed by atoms with E-state index in [0.717, 1.165) is 31.6 Å². The Morgan fingerprint density at radius 2 is 1.77 bits per heavy atom. The highest BCUT2D eigenvalue weighted by atomic mass is 32.2. The number of imide groups is 1. The van der Waals surface area contributed by atoms with Crippen LogP contribution in [0.4, 0.5) is 4.79 Å². The van der Waals surface area contributed by atoms with Crippen molar-refractivity contribution in [2.75, 3.05) is 32.7 Å². The van der Waals surface area contributed by atoms with Gasteiger partial charge in [0.2, 0.25) is 10.0 Å². The number of hydrogen-bond donors (Lipinski definition) is 1. The number of aryl methyl sites for hydroxylation is 1. The zero-order chi connectivity index (χ0) is 21.5. The second-order valence-corrected chi connectivity index (χ2v) is 10.6. The van der Waals surface area contributed by atoms with Crippen LogP contribution in [0.25, 0.3) is 0 Å². The molecule has 0 bridgehead atoms. The smallest absolute Gasteiger partial charge is 0.323 e. The molecule has 0 aromatic heterocycles. The summed E-state index contributed by atoms with van der Waals surface area (Å²) in [7, 11) is -3.64. The highest BCUT2D eigenvalue weighted by Crippen LogP contribution is 2.33. The van der Waals surface area contributed by atoms with Crippen LogP contribution in [0.1, 0.15) is 38.2 Å². The molecule has 9 heteroatoms. The van der Waals surface area contributed by atoms with Gasteiger partial charge < -0.3 is 10.2 Å². The number of amides is 3. The molecule has 0 unspecified atom stereocenters. The van der Waals surface area contributed by atoms with Gasteiger partial charge in [0.1, 0.15) is 5.54 Å². The van der Waals surface area contributed by atoms with Gasteiger partial charge in [-0.05, 0) is 51.3 Å². The molecule has 1 spiro atoms. The third kappa shape index (κ3) is 3.63. The lowest BCUT2D eigenvalue weighted by atomic mass is 9.87. The number of likely N-dealkylation sites (tertiary alicyclic amines) is 1. The maximum atomic E-state index is 13.3. The van der Waals surface area contributed by atoms with E-state index in [4.69, 9.17) is 0 Å². The fraction of sp³-hybridized carbons (Fsp3) is 0.619. The number of hydrogen-bond acceptors (Lipinski definition) is 5. The van der Waals surface area contributed by atoms with Gasteiger partial charge in [-0.15, -0.1) is 0 Å². The molecule has 3 aliphatic heterocycles. The Bertz CT molecular complexity index is 923. The largest absolute Gasteiger partial charge is 0.325 e. The molecule has 3 aliphatic rings. The number of urea groups is 1. The Hall–Kier alpha value is -1.97. The van der Waals surface area contributed by atoms with E-state index in [9.17, 15) is 18.0 Å². The van der Waals surface area contributed by atoms with Crippen molar-refractivity contribution in [1.29, 1.82) is 0 Å². The number of nitrogens with one attached hydrogen (secondary N) is 1. The Morgan fingerprint density at radius 3 is 2.40 bits per heavy atom. The molecule has 4 rings (SSSR count). The predicted octanol–water partition coefficient (Wildman–Crippen LogP) is 1.55. The fourth-order valence-corrected chi connectivity index (χ4v) is 6.28. The van der Waals surface area contributed by atoms with Crippen molar-refractivity contribution in [2.24, 2.45) is 0 Å². The fourth-order valence-electron chi connectivity index (χ4n) is 4.79. The van der Waals surface area contributed by atoms with Crippen LogP contribution >= 0.6 is 0 Å².